The Hall–Kier alpha value is -1.38. The van der Waals surface area contributed by atoms with E-state index in [4.69, 9.17) is 5.73 Å². The molecule has 170 valence electrons. The summed E-state index contributed by atoms with van der Waals surface area (Å²) >= 11 is 0. The van der Waals surface area contributed by atoms with Crippen molar-refractivity contribution in [2.45, 2.75) is 117 Å². The van der Waals surface area contributed by atoms with Gasteiger partial charge in [-0.3, -0.25) is 0 Å². The summed E-state index contributed by atoms with van der Waals surface area (Å²) in [6, 6.07) is 11.5. The molecule has 4 N–H and O–H groups in total. The summed E-state index contributed by atoms with van der Waals surface area (Å²) in [4.78, 5) is 0. The van der Waals surface area contributed by atoms with Crippen LogP contribution in [0.2, 0.25) is 0 Å². The van der Waals surface area contributed by atoms with Crippen molar-refractivity contribution in [1.82, 2.24) is 0 Å². The van der Waals surface area contributed by atoms with Crippen molar-refractivity contribution >= 4 is 10.8 Å². The van der Waals surface area contributed by atoms with Gasteiger partial charge in [0, 0.05) is 6.04 Å². The molecule has 0 spiro atoms. The average Bonchev–Trinajstić information content (AvgIpc) is 2.73. The predicted octanol–water partition coefficient (Wildman–Crippen LogP) is 7.84. The van der Waals surface area contributed by atoms with Crippen LogP contribution in [0.25, 0.3) is 10.8 Å². The van der Waals surface area contributed by atoms with Gasteiger partial charge >= 0.3 is 0 Å². The summed E-state index contributed by atoms with van der Waals surface area (Å²) in [5.74, 6) is 0. The zero-order valence-electron chi connectivity index (χ0n) is 19.9. The van der Waals surface area contributed by atoms with Crippen LogP contribution >= 0.6 is 0 Å². The van der Waals surface area contributed by atoms with E-state index in [1.807, 2.05) is 0 Å². The summed E-state index contributed by atoms with van der Waals surface area (Å²) < 4.78 is 0. The standard InChI is InChI=1S/C28H45N.H2O/c1-4-7-8-9-10-11-12-13-14-21-27(29)28-25(18-6-3)23(17-5-2)22-24-19-15-16-20-26(24)28;/h15-16,19-20,22,27H,4-14,17-18,21,29H2,1-3H3;1H2. The normalized spacial score (nSPS) is 12.1. The van der Waals surface area contributed by atoms with E-state index in [1.165, 1.54) is 92.5 Å². The fraction of sp³-hybridized carbons (Fsp3) is 0.643. The summed E-state index contributed by atoms with van der Waals surface area (Å²) in [5, 5.41) is 2.76. The van der Waals surface area contributed by atoms with Crippen molar-refractivity contribution in [1.29, 1.82) is 0 Å². The Morgan fingerprint density at radius 1 is 0.733 bits per heavy atom. The Morgan fingerprint density at radius 2 is 1.33 bits per heavy atom. The number of rotatable bonds is 15. The lowest BCUT2D eigenvalue weighted by Gasteiger charge is -2.22. The first-order chi connectivity index (χ1) is 14.2. The second kappa shape index (κ2) is 15.4. The number of hydrogen-bond donors (Lipinski definition) is 1. The largest absolute Gasteiger partial charge is 0.412 e. The topological polar surface area (TPSA) is 57.5 Å². The second-order valence-corrected chi connectivity index (χ2v) is 8.87. The third kappa shape index (κ3) is 8.04. The first-order valence-electron chi connectivity index (χ1n) is 12.5. The van der Waals surface area contributed by atoms with E-state index < -0.39 is 0 Å². The molecule has 1 unspecified atom stereocenters. The molecule has 0 aromatic heterocycles. The highest BCUT2D eigenvalue weighted by Gasteiger charge is 2.17. The van der Waals surface area contributed by atoms with Crippen LogP contribution in [0, 0.1) is 0 Å². The summed E-state index contributed by atoms with van der Waals surface area (Å²) in [5.41, 5.74) is 11.4. The summed E-state index contributed by atoms with van der Waals surface area (Å²) in [6.45, 7) is 6.86. The van der Waals surface area contributed by atoms with Crippen LogP contribution in [0.3, 0.4) is 0 Å². The molecule has 2 aromatic carbocycles. The molecule has 0 fully saturated rings. The molecule has 0 radical (unpaired) electrons. The molecule has 0 saturated carbocycles. The van der Waals surface area contributed by atoms with Gasteiger partial charge in [0.1, 0.15) is 0 Å². The van der Waals surface area contributed by atoms with E-state index in [2.05, 4.69) is 51.1 Å². The van der Waals surface area contributed by atoms with Gasteiger partial charge in [0.2, 0.25) is 0 Å². The third-order valence-corrected chi connectivity index (χ3v) is 6.30. The molecule has 0 amide bonds. The number of aryl methyl sites for hydroxylation is 1. The molecule has 0 heterocycles. The van der Waals surface area contributed by atoms with Crippen molar-refractivity contribution < 1.29 is 5.48 Å². The van der Waals surface area contributed by atoms with Crippen molar-refractivity contribution in [3.8, 4) is 0 Å². The lowest BCUT2D eigenvalue weighted by Crippen LogP contribution is -2.15. The molecule has 0 aliphatic rings. The van der Waals surface area contributed by atoms with Crippen LogP contribution in [0.4, 0.5) is 0 Å². The lowest BCUT2D eigenvalue weighted by atomic mass is 9.85. The minimum absolute atomic E-state index is 0. The minimum atomic E-state index is 0. The molecular weight excluding hydrogens is 366 g/mol. The van der Waals surface area contributed by atoms with E-state index in [0.29, 0.717) is 0 Å². The zero-order valence-corrected chi connectivity index (χ0v) is 19.9. The molecule has 0 aliphatic heterocycles. The zero-order chi connectivity index (χ0) is 20.9. The Kier molecular flexibility index (Phi) is 13.7. The van der Waals surface area contributed by atoms with Gasteiger partial charge in [-0.25, -0.2) is 0 Å². The first-order valence-corrected chi connectivity index (χ1v) is 12.5. The van der Waals surface area contributed by atoms with E-state index in [-0.39, 0.29) is 11.5 Å². The van der Waals surface area contributed by atoms with Crippen molar-refractivity contribution in [3.63, 3.8) is 0 Å². The molecule has 0 saturated heterocycles. The van der Waals surface area contributed by atoms with Gasteiger partial charge in [0.15, 0.2) is 0 Å². The van der Waals surface area contributed by atoms with Gasteiger partial charge in [-0.05, 0) is 46.7 Å². The molecule has 1 atom stereocenters. The Balaban J connectivity index is 0.00000450. The molecule has 0 bridgehead atoms. The third-order valence-electron chi connectivity index (χ3n) is 6.30. The minimum Gasteiger partial charge on any atom is -0.412 e. The van der Waals surface area contributed by atoms with Gasteiger partial charge in [-0.2, -0.15) is 0 Å². The lowest BCUT2D eigenvalue weighted by molar-refractivity contribution is 0.531. The highest BCUT2D eigenvalue weighted by atomic mass is 16.0. The maximum Gasteiger partial charge on any atom is 0.0303 e. The van der Waals surface area contributed by atoms with Crippen molar-refractivity contribution in [2.75, 3.05) is 0 Å². The molecule has 2 heteroatoms. The van der Waals surface area contributed by atoms with Crippen LogP contribution in [0.15, 0.2) is 30.3 Å². The number of benzene rings is 2. The Labute approximate surface area is 186 Å². The molecule has 2 nitrogen and oxygen atoms in total. The van der Waals surface area contributed by atoms with Crippen LogP contribution in [0.5, 0.6) is 0 Å². The molecular formula is C28H47NO. The van der Waals surface area contributed by atoms with Gasteiger partial charge < -0.3 is 11.2 Å². The second-order valence-electron chi connectivity index (χ2n) is 8.87. The average molecular weight is 414 g/mol. The highest BCUT2D eigenvalue weighted by Crippen LogP contribution is 2.34. The number of unbranched alkanes of at least 4 members (excludes halogenated alkanes) is 8. The van der Waals surface area contributed by atoms with Gasteiger partial charge in [-0.15, -0.1) is 0 Å². The van der Waals surface area contributed by atoms with Gasteiger partial charge in [-0.1, -0.05) is 122 Å². The van der Waals surface area contributed by atoms with E-state index in [9.17, 15) is 0 Å². The highest BCUT2D eigenvalue weighted by molar-refractivity contribution is 5.88. The fourth-order valence-corrected chi connectivity index (χ4v) is 4.76. The predicted molar refractivity (Wildman–Crippen MR) is 134 cm³/mol. The maximum atomic E-state index is 6.85. The maximum absolute atomic E-state index is 6.85. The fourth-order valence-electron chi connectivity index (χ4n) is 4.76. The Morgan fingerprint density at radius 3 is 1.97 bits per heavy atom. The van der Waals surface area contributed by atoms with Crippen LogP contribution < -0.4 is 5.73 Å². The monoisotopic (exact) mass is 413 g/mol. The van der Waals surface area contributed by atoms with Crippen molar-refractivity contribution in [2.24, 2.45) is 5.73 Å². The van der Waals surface area contributed by atoms with E-state index in [1.54, 1.807) is 5.56 Å². The quantitative estimate of drug-likeness (QED) is 0.297. The molecule has 2 aromatic rings. The van der Waals surface area contributed by atoms with Gasteiger partial charge in [0.05, 0.1) is 0 Å². The summed E-state index contributed by atoms with van der Waals surface area (Å²) in [6.07, 6.45) is 18.2. The summed E-state index contributed by atoms with van der Waals surface area (Å²) in [7, 11) is 0. The molecule has 2 rings (SSSR count). The smallest absolute Gasteiger partial charge is 0.0303 e. The van der Waals surface area contributed by atoms with Crippen LogP contribution in [0.1, 0.15) is 121 Å². The van der Waals surface area contributed by atoms with E-state index in [0.717, 1.165) is 19.3 Å². The van der Waals surface area contributed by atoms with Gasteiger partial charge in [0.25, 0.3) is 0 Å². The SMILES string of the molecule is CCCCCCCCCCCC(N)c1c(CCC)c(CCC)cc2ccccc12.O. The molecule has 0 aliphatic carbocycles. The van der Waals surface area contributed by atoms with Crippen LogP contribution in [-0.4, -0.2) is 5.48 Å². The number of hydrogen-bond acceptors (Lipinski definition) is 1. The van der Waals surface area contributed by atoms with Crippen LogP contribution in [-0.2, 0) is 12.8 Å². The first kappa shape index (κ1) is 26.7. The Bertz CT molecular complexity index is 709. The number of nitrogens with two attached hydrogens (primary N) is 1. The van der Waals surface area contributed by atoms with E-state index >= 15 is 0 Å². The number of fused-ring (bicyclic) bond motifs is 1. The van der Waals surface area contributed by atoms with Crippen molar-refractivity contribution in [3.05, 3.63) is 47.0 Å². The molecule has 30 heavy (non-hydrogen) atoms.